The number of hydrogen-bond donors (Lipinski definition) is 2. The summed E-state index contributed by atoms with van der Waals surface area (Å²) in [6, 6.07) is 3.97. The summed E-state index contributed by atoms with van der Waals surface area (Å²) < 4.78 is 37.6. The minimum atomic E-state index is -4.40. The lowest BCUT2D eigenvalue weighted by atomic mass is 10.2. The van der Waals surface area contributed by atoms with E-state index < -0.39 is 11.7 Å². The summed E-state index contributed by atoms with van der Waals surface area (Å²) in [4.78, 5) is 27.5. The summed E-state index contributed by atoms with van der Waals surface area (Å²) in [5, 5.41) is 5.40. The zero-order chi connectivity index (χ0) is 19.2. The molecule has 1 aliphatic heterocycles. The number of carbonyl (C=O) groups excluding carboxylic acids is 2. The number of nitrogens with zero attached hydrogens (tertiary/aromatic N) is 2. The predicted octanol–water partition coefficient (Wildman–Crippen LogP) is 2.38. The van der Waals surface area contributed by atoms with Gasteiger partial charge in [-0.05, 0) is 30.7 Å². The molecule has 1 heterocycles. The molecule has 0 aliphatic carbocycles. The number of nitrogens with one attached hydrogen (secondary N) is 2. The van der Waals surface area contributed by atoms with Crippen LogP contribution in [0.5, 0.6) is 0 Å². The van der Waals surface area contributed by atoms with Crippen molar-refractivity contribution in [3.63, 3.8) is 0 Å². The molecule has 144 valence electrons. The number of hydrogen-bond acceptors (Lipinski definition) is 3. The molecule has 1 aromatic rings. The summed E-state index contributed by atoms with van der Waals surface area (Å²) in [5.41, 5.74) is -0.449. The number of halogens is 3. The van der Waals surface area contributed by atoms with Crippen LogP contribution in [-0.2, 0) is 11.0 Å². The Morgan fingerprint density at radius 2 is 1.69 bits per heavy atom. The average molecular weight is 372 g/mol. The molecule has 0 atom stereocenters. The molecule has 0 saturated carbocycles. The van der Waals surface area contributed by atoms with E-state index in [0.717, 1.165) is 18.6 Å². The largest absolute Gasteiger partial charge is 0.416 e. The van der Waals surface area contributed by atoms with E-state index in [1.807, 2.05) is 11.8 Å². The van der Waals surface area contributed by atoms with E-state index in [2.05, 4.69) is 10.6 Å². The molecule has 1 saturated heterocycles. The molecule has 3 amide bonds. The van der Waals surface area contributed by atoms with Gasteiger partial charge in [-0.3, -0.25) is 9.69 Å². The van der Waals surface area contributed by atoms with Crippen molar-refractivity contribution in [3.05, 3.63) is 29.8 Å². The first-order chi connectivity index (χ1) is 12.3. The number of piperazine rings is 1. The van der Waals surface area contributed by atoms with E-state index in [4.69, 9.17) is 0 Å². The van der Waals surface area contributed by atoms with Gasteiger partial charge in [0.05, 0.1) is 12.1 Å². The minimum Gasteiger partial charge on any atom is -0.355 e. The molecule has 2 N–H and O–H groups in total. The van der Waals surface area contributed by atoms with E-state index in [9.17, 15) is 22.8 Å². The van der Waals surface area contributed by atoms with Crippen LogP contribution < -0.4 is 10.6 Å². The molecule has 1 fully saturated rings. The topological polar surface area (TPSA) is 64.7 Å². The number of urea groups is 1. The first kappa shape index (κ1) is 20.0. The van der Waals surface area contributed by atoms with Gasteiger partial charge in [0.2, 0.25) is 5.91 Å². The number of alkyl halides is 3. The lowest BCUT2D eigenvalue weighted by molar-refractivity contribution is -0.137. The first-order valence-corrected chi connectivity index (χ1v) is 8.52. The van der Waals surface area contributed by atoms with Crippen molar-refractivity contribution in [1.29, 1.82) is 0 Å². The molecular formula is C17H23F3N4O2. The van der Waals surface area contributed by atoms with Crippen molar-refractivity contribution >= 4 is 17.6 Å². The summed E-state index contributed by atoms with van der Waals surface area (Å²) in [6.45, 7) is 4.97. The van der Waals surface area contributed by atoms with Crippen LogP contribution in [0.4, 0.5) is 23.7 Å². The Morgan fingerprint density at radius 1 is 1.08 bits per heavy atom. The highest BCUT2D eigenvalue weighted by molar-refractivity contribution is 5.89. The second-order valence-corrected chi connectivity index (χ2v) is 6.12. The maximum atomic E-state index is 12.5. The molecular weight excluding hydrogens is 349 g/mol. The van der Waals surface area contributed by atoms with Gasteiger partial charge in [0.1, 0.15) is 0 Å². The van der Waals surface area contributed by atoms with E-state index in [1.165, 1.54) is 12.1 Å². The Labute approximate surface area is 150 Å². The summed E-state index contributed by atoms with van der Waals surface area (Å²) in [7, 11) is 0. The molecule has 2 rings (SSSR count). The summed E-state index contributed by atoms with van der Waals surface area (Å²) in [6.07, 6.45) is -3.52. The van der Waals surface area contributed by atoms with E-state index in [-0.39, 0.29) is 11.9 Å². The van der Waals surface area contributed by atoms with Gasteiger partial charge in [-0.15, -0.1) is 0 Å². The molecule has 6 nitrogen and oxygen atoms in total. The fourth-order valence-electron chi connectivity index (χ4n) is 2.58. The van der Waals surface area contributed by atoms with Gasteiger partial charge in [0, 0.05) is 38.4 Å². The Balaban J connectivity index is 1.78. The van der Waals surface area contributed by atoms with Crippen LogP contribution in [0.3, 0.4) is 0 Å². The number of amides is 3. The molecule has 0 bridgehead atoms. The van der Waals surface area contributed by atoms with Crippen molar-refractivity contribution in [2.45, 2.75) is 19.5 Å². The second-order valence-electron chi connectivity index (χ2n) is 6.12. The maximum absolute atomic E-state index is 12.5. The maximum Gasteiger partial charge on any atom is 0.416 e. The van der Waals surface area contributed by atoms with Gasteiger partial charge in [0.25, 0.3) is 0 Å². The number of carbonyl (C=O) groups is 2. The fourth-order valence-corrected chi connectivity index (χ4v) is 2.58. The molecule has 0 spiro atoms. The van der Waals surface area contributed by atoms with Crippen LogP contribution in [0.2, 0.25) is 0 Å². The molecule has 9 heteroatoms. The number of anilines is 1. The SMILES string of the molecule is CCCNC(=O)CN1CCN(C(=O)Nc2ccc(C(F)(F)F)cc2)CC1. The highest BCUT2D eigenvalue weighted by Crippen LogP contribution is 2.29. The van der Waals surface area contributed by atoms with Crippen molar-refractivity contribution < 1.29 is 22.8 Å². The van der Waals surface area contributed by atoms with Gasteiger partial charge in [-0.25, -0.2) is 4.79 Å². The van der Waals surface area contributed by atoms with Crippen molar-refractivity contribution in [1.82, 2.24) is 15.1 Å². The Kier molecular flexibility index (Phi) is 6.84. The zero-order valence-electron chi connectivity index (χ0n) is 14.6. The lowest BCUT2D eigenvalue weighted by Crippen LogP contribution is -2.52. The standard InChI is InChI=1S/C17H23F3N4O2/c1-2-7-21-15(25)12-23-8-10-24(11-9-23)16(26)22-14-5-3-13(4-6-14)17(18,19)20/h3-6H,2,7-12H2,1H3,(H,21,25)(H,22,26). The van der Waals surface area contributed by atoms with Gasteiger partial charge >= 0.3 is 12.2 Å². The smallest absolute Gasteiger partial charge is 0.355 e. The summed E-state index contributed by atoms with van der Waals surface area (Å²) >= 11 is 0. The molecule has 0 radical (unpaired) electrons. The molecule has 1 aromatic carbocycles. The second kappa shape index (κ2) is 8.88. The van der Waals surface area contributed by atoms with Crippen molar-refractivity contribution in [3.8, 4) is 0 Å². The Morgan fingerprint density at radius 3 is 2.23 bits per heavy atom. The minimum absolute atomic E-state index is 0.0329. The monoisotopic (exact) mass is 372 g/mol. The first-order valence-electron chi connectivity index (χ1n) is 8.52. The van der Waals surface area contributed by atoms with Crippen LogP contribution >= 0.6 is 0 Å². The predicted molar refractivity (Wildman–Crippen MR) is 91.8 cm³/mol. The van der Waals surface area contributed by atoms with Crippen LogP contribution in [0.25, 0.3) is 0 Å². The lowest BCUT2D eigenvalue weighted by Gasteiger charge is -2.34. The fraction of sp³-hybridized carbons (Fsp3) is 0.529. The van der Waals surface area contributed by atoms with Gasteiger partial charge < -0.3 is 15.5 Å². The van der Waals surface area contributed by atoms with Crippen molar-refractivity contribution in [2.24, 2.45) is 0 Å². The van der Waals surface area contributed by atoms with Gasteiger partial charge in [-0.1, -0.05) is 6.92 Å². The van der Waals surface area contributed by atoms with Crippen LogP contribution in [0, 0.1) is 0 Å². The van der Waals surface area contributed by atoms with Gasteiger partial charge in [0.15, 0.2) is 0 Å². The quantitative estimate of drug-likeness (QED) is 0.834. The highest BCUT2D eigenvalue weighted by Gasteiger charge is 2.30. The van der Waals surface area contributed by atoms with E-state index >= 15 is 0 Å². The number of rotatable bonds is 5. The third-order valence-electron chi connectivity index (χ3n) is 4.06. The van der Waals surface area contributed by atoms with Crippen LogP contribution in [0.15, 0.2) is 24.3 Å². The van der Waals surface area contributed by atoms with E-state index in [1.54, 1.807) is 4.90 Å². The normalized spacial score (nSPS) is 15.6. The van der Waals surface area contributed by atoms with Crippen LogP contribution in [0.1, 0.15) is 18.9 Å². The Hall–Kier alpha value is -2.29. The van der Waals surface area contributed by atoms with Crippen LogP contribution in [-0.4, -0.2) is 61.0 Å². The van der Waals surface area contributed by atoms with Gasteiger partial charge in [-0.2, -0.15) is 13.2 Å². The molecule has 1 aliphatic rings. The van der Waals surface area contributed by atoms with E-state index in [0.29, 0.717) is 45.0 Å². The molecule has 0 aromatic heterocycles. The Bertz CT molecular complexity index is 611. The van der Waals surface area contributed by atoms with Crippen molar-refractivity contribution in [2.75, 3.05) is 44.6 Å². The average Bonchev–Trinajstić information content (AvgIpc) is 2.60. The zero-order valence-corrected chi connectivity index (χ0v) is 14.6. The third kappa shape index (κ3) is 5.91. The molecule has 0 unspecified atom stereocenters. The molecule has 26 heavy (non-hydrogen) atoms. The number of benzene rings is 1. The highest BCUT2D eigenvalue weighted by atomic mass is 19.4. The summed E-state index contributed by atoms with van der Waals surface area (Å²) in [5.74, 6) is -0.0329. The third-order valence-corrected chi connectivity index (χ3v) is 4.06.